The molecule has 1 rings (SSSR count). The van der Waals surface area contributed by atoms with Crippen LogP contribution in [-0.2, 0) is 6.18 Å². The van der Waals surface area contributed by atoms with Gasteiger partial charge in [0.2, 0.25) is 0 Å². The lowest BCUT2D eigenvalue weighted by molar-refractivity contribution is -0.137. The van der Waals surface area contributed by atoms with Crippen molar-refractivity contribution in [2.75, 3.05) is 6.61 Å². The van der Waals surface area contributed by atoms with E-state index in [1.807, 2.05) is 22.6 Å². The van der Waals surface area contributed by atoms with E-state index < -0.39 is 17.8 Å². The second kappa shape index (κ2) is 6.25. The summed E-state index contributed by atoms with van der Waals surface area (Å²) in [5, 5.41) is 9.30. The second-order valence-electron chi connectivity index (χ2n) is 3.22. The normalized spacial score (nSPS) is 13.9. The number of alkyl halides is 3. The number of halogens is 4. The van der Waals surface area contributed by atoms with Gasteiger partial charge in [-0.25, -0.2) is 0 Å². The predicted octanol–water partition coefficient (Wildman–Crippen LogP) is 3.39. The molecular weight excluding hydrogens is 348 g/mol. The first-order valence-corrected chi connectivity index (χ1v) is 5.93. The summed E-state index contributed by atoms with van der Waals surface area (Å²) in [4.78, 5) is 0. The molecular formula is C11H10F3IO2. The average Bonchev–Trinajstić information content (AvgIpc) is 2.26. The maximum atomic E-state index is 12.4. The quantitative estimate of drug-likeness (QED) is 0.837. The van der Waals surface area contributed by atoms with Crippen molar-refractivity contribution in [2.24, 2.45) is 0 Å². The Balaban J connectivity index is 2.67. The molecule has 0 aliphatic rings. The van der Waals surface area contributed by atoms with Crippen LogP contribution >= 0.6 is 22.6 Å². The first-order chi connectivity index (χ1) is 7.93. The maximum Gasteiger partial charge on any atom is 0.416 e. The monoisotopic (exact) mass is 358 g/mol. The lowest BCUT2D eigenvalue weighted by atomic mass is 10.2. The largest absolute Gasteiger partial charge is 0.491 e. The van der Waals surface area contributed by atoms with E-state index in [2.05, 4.69) is 0 Å². The zero-order valence-electron chi connectivity index (χ0n) is 8.62. The molecule has 2 nitrogen and oxygen atoms in total. The van der Waals surface area contributed by atoms with Crippen molar-refractivity contribution in [1.82, 2.24) is 0 Å². The zero-order valence-corrected chi connectivity index (χ0v) is 10.8. The van der Waals surface area contributed by atoms with E-state index in [-0.39, 0.29) is 12.4 Å². The lowest BCUT2D eigenvalue weighted by Gasteiger charge is -2.11. The molecule has 1 aromatic rings. The first-order valence-electron chi connectivity index (χ1n) is 4.68. The number of hydrogen-bond donors (Lipinski definition) is 1. The minimum Gasteiger partial charge on any atom is -0.491 e. The van der Waals surface area contributed by atoms with Crippen LogP contribution in [0.15, 0.2) is 34.4 Å². The Morgan fingerprint density at radius 1 is 1.41 bits per heavy atom. The maximum absolute atomic E-state index is 12.4. The molecule has 1 aromatic carbocycles. The van der Waals surface area contributed by atoms with E-state index in [4.69, 9.17) is 4.74 Å². The van der Waals surface area contributed by atoms with E-state index in [1.165, 1.54) is 18.2 Å². The summed E-state index contributed by atoms with van der Waals surface area (Å²) in [6.45, 7) is -0.0825. The molecule has 0 amide bonds. The van der Waals surface area contributed by atoms with E-state index in [0.29, 0.717) is 0 Å². The van der Waals surface area contributed by atoms with Crippen LogP contribution in [0.4, 0.5) is 13.2 Å². The van der Waals surface area contributed by atoms with Gasteiger partial charge in [-0.1, -0.05) is 28.7 Å². The Labute approximate surface area is 110 Å². The minimum absolute atomic E-state index is 0.0825. The molecule has 17 heavy (non-hydrogen) atoms. The third-order valence-electron chi connectivity index (χ3n) is 1.88. The van der Waals surface area contributed by atoms with Crippen LogP contribution in [-0.4, -0.2) is 17.8 Å². The molecule has 0 radical (unpaired) electrons. The van der Waals surface area contributed by atoms with Gasteiger partial charge in [0.25, 0.3) is 0 Å². The van der Waals surface area contributed by atoms with Gasteiger partial charge in [-0.3, -0.25) is 0 Å². The van der Waals surface area contributed by atoms with Crippen LogP contribution < -0.4 is 4.74 Å². The summed E-state index contributed by atoms with van der Waals surface area (Å²) in [5.41, 5.74) is -0.770. The molecule has 0 aromatic heterocycles. The summed E-state index contributed by atoms with van der Waals surface area (Å²) in [5.74, 6) is 0.0840. The molecule has 0 saturated heterocycles. The lowest BCUT2D eigenvalue weighted by Crippen LogP contribution is -2.14. The predicted molar refractivity (Wildman–Crippen MR) is 66.1 cm³/mol. The fourth-order valence-electron chi connectivity index (χ4n) is 1.08. The molecule has 1 atom stereocenters. The van der Waals surface area contributed by atoms with Crippen molar-refractivity contribution < 1.29 is 23.0 Å². The molecule has 0 spiro atoms. The van der Waals surface area contributed by atoms with E-state index in [0.717, 1.165) is 12.1 Å². The second-order valence-corrected chi connectivity index (χ2v) is 3.94. The summed E-state index contributed by atoms with van der Waals surface area (Å²) in [6, 6.07) is 4.54. The van der Waals surface area contributed by atoms with Gasteiger partial charge in [-0.05, 0) is 28.4 Å². The summed E-state index contributed by atoms with van der Waals surface area (Å²) in [6.07, 6.45) is -3.74. The minimum atomic E-state index is -4.39. The highest BCUT2D eigenvalue weighted by atomic mass is 127. The zero-order chi connectivity index (χ0) is 12.9. The standard InChI is InChI=1S/C11H10F3IO2/c12-11(13,14)8-2-1-3-10(6-8)17-7-9(16)4-5-15/h1-6,9,16H,7H2/b5-4+/t9-/m1/s1. The molecule has 6 heteroatoms. The van der Waals surface area contributed by atoms with E-state index in [1.54, 1.807) is 4.08 Å². The van der Waals surface area contributed by atoms with Gasteiger partial charge in [-0.2, -0.15) is 13.2 Å². The van der Waals surface area contributed by atoms with Gasteiger partial charge in [0.15, 0.2) is 0 Å². The number of ether oxygens (including phenoxy) is 1. The number of benzene rings is 1. The Morgan fingerprint density at radius 2 is 2.12 bits per heavy atom. The van der Waals surface area contributed by atoms with Crippen molar-refractivity contribution in [2.45, 2.75) is 12.3 Å². The van der Waals surface area contributed by atoms with Gasteiger partial charge in [0.1, 0.15) is 18.5 Å². The van der Waals surface area contributed by atoms with Gasteiger partial charge in [-0.15, -0.1) is 0 Å². The third-order valence-corrected chi connectivity index (χ3v) is 2.29. The molecule has 0 aliphatic heterocycles. The Bertz CT molecular complexity index is 391. The summed E-state index contributed by atoms with van der Waals surface area (Å²) >= 11 is 1.93. The van der Waals surface area contributed by atoms with Crippen molar-refractivity contribution >= 4 is 22.6 Å². The van der Waals surface area contributed by atoms with Crippen LogP contribution in [0.3, 0.4) is 0 Å². The molecule has 0 fully saturated rings. The highest BCUT2D eigenvalue weighted by molar-refractivity contribution is 14.1. The number of aliphatic hydroxyl groups excluding tert-OH is 1. The Hall–Kier alpha value is -0.760. The molecule has 0 unspecified atom stereocenters. The number of aliphatic hydroxyl groups is 1. The molecule has 0 bridgehead atoms. The van der Waals surface area contributed by atoms with Gasteiger partial charge < -0.3 is 9.84 Å². The van der Waals surface area contributed by atoms with Crippen molar-refractivity contribution in [1.29, 1.82) is 0 Å². The van der Waals surface area contributed by atoms with Crippen molar-refractivity contribution in [3.8, 4) is 5.75 Å². The fourth-order valence-corrected chi connectivity index (χ4v) is 1.56. The SMILES string of the molecule is O[C@H](/C=C/I)COc1cccc(C(F)(F)F)c1. The van der Waals surface area contributed by atoms with E-state index in [9.17, 15) is 18.3 Å². The first kappa shape index (κ1) is 14.3. The third kappa shape index (κ3) is 4.95. The number of hydrogen-bond acceptors (Lipinski definition) is 2. The molecule has 1 N–H and O–H groups in total. The van der Waals surface area contributed by atoms with Crippen molar-refractivity contribution in [3.05, 3.63) is 40.0 Å². The van der Waals surface area contributed by atoms with E-state index >= 15 is 0 Å². The smallest absolute Gasteiger partial charge is 0.416 e. The van der Waals surface area contributed by atoms with Crippen LogP contribution in [0.1, 0.15) is 5.56 Å². The van der Waals surface area contributed by atoms with Crippen molar-refractivity contribution in [3.63, 3.8) is 0 Å². The molecule has 0 saturated carbocycles. The summed E-state index contributed by atoms with van der Waals surface area (Å²) < 4.78 is 43.8. The van der Waals surface area contributed by atoms with Crippen LogP contribution in [0.5, 0.6) is 5.75 Å². The molecule has 94 valence electrons. The van der Waals surface area contributed by atoms with Crippen LogP contribution in [0.2, 0.25) is 0 Å². The average molecular weight is 358 g/mol. The Morgan fingerprint density at radius 3 is 2.71 bits per heavy atom. The molecule has 0 aliphatic carbocycles. The highest BCUT2D eigenvalue weighted by Gasteiger charge is 2.30. The Kier molecular flexibility index (Phi) is 5.26. The highest BCUT2D eigenvalue weighted by Crippen LogP contribution is 2.31. The number of rotatable bonds is 4. The van der Waals surface area contributed by atoms with Gasteiger partial charge >= 0.3 is 6.18 Å². The van der Waals surface area contributed by atoms with Crippen LogP contribution in [0.25, 0.3) is 0 Å². The van der Waals surface area contributed by atoms with Gasteiger partial charge in [0.05, 0.1) is 5.56 Å². The van der Waals surface area contributed by atoms with Crippen LogP contribution in [0, 0.1) is 0 Å². The van der Waals surface area contributed by atoms with Gasteiger partial charge in [0, 0.05) is 0 Å². The molecule has 0 heterocycles. The summed E-state index contributed by atoms with van der Waals surface area (Å²) in [7, 11) is 0. The topological polar surface area (TPSA) is 29.5 Å². The fraction of sp³-hybridized carbons (Fsp3) is 0.273.